The summed E-state index contributed by atoms with van der Waals surface area (Å²) < 4.78 is 43.5. The van der Waals surface area contributed by atoms with Crippen LogP contribution in [0.25, 0.3) is 11.4 Å². The summed E-state index contributed by atoms with van der Waals surface area (Å²) in [7, 11) is 0. The first kappa shape index (κ1) is 21.1. The van der Waals surface area contributed by atoms with Crippen molar-refractivity contribution < 1.29 is 22.5 Å². The van der Waals surface area contributed by atoms with Crippen molar-refractivity contribution in [1.29, 1.82) is 0 Å². The van der Waals surface area contributed by atoms with Gasteiger partial charge >= 0.3 is 6.18 Å². The van der Waals surface area contributed by atoms with Crippen molar-refractivity contribution in [2.45, 2.75) is 37.8 Å². The molecule has 1 saturated heterocycles. The fraction of sp³-hybridized carbons (Fsp3) is 0.348. The van der Waals surface area contributed by atoms with E-state index < -0.39 is 11.7 Å². The number of rotatable bonds is 5. The Morgan fingerprint density at radius 1 is 1.03 bits per heavy atom. The Morgan fingerprint density at radius 2 is 1.71 bits per heavy atom. The maximum absolute atomic E-state index is 12.7. The van der Waals surface area contributed by atoms with Crippen LogP contribution in [0.4, 0.5) is 13.2 Å². The normalized spacial score (nSPS) is 15.3. The zero-order valence-electron chi connectivity index (χ0n) is 16.8. The predicted octanol–water partition coefficient (Wildman–Crippen LogP) is 5.09. The van der Waals surface area contributed by atoms with E-state index in [4.69, 9.17) is 4.52 Å². The molecule has 1 aliphatic heterocycles. The van der Waals surface area contributed by atoms with E-state index in [0.29, 0.717) is 43.8 Å². The van der Waals surface area contributed by atoms with Gasteiger partial charge in [0.1, 0.15) is 0 Å². The Bertz CT molecular complexity index is 1010. The summed E-state index contributed by atoms with van der Waals surface area (Å²) in [6.45, 7) is 1.24. The molecule has 0 unspecified atom stereocenters. The lowest BCUT2D eigenvalue weighted by Gasteiger charge is -2.30. The van der Waals surface area contributed by atoms with Gasteiger partial charge in [0.15, 0.2) is 0 Å². The monoisotopic (exact) mass is 429 g/mol. The molecule has 2 heterocycles. The first-order valence-corrected chi connectivity index (χ1v) is 10.2. The van der Waals surface area contributed by atoms with Crippen LogP contribution in [0.2, 0.25) is 0 Å². The number of hydrogen-bond acceptors (Lipinski definition) is 4. The Labute approximate surface area is 177 Å². The highest BCUT2D eigenvalue weighted by atomic mass is 19.4. The van der Waals surface area contributed by atoms with Crippen LogP contribution in [-0.4, -0.2) is 34.0 Å². The third-order valence-electron chi connectivity index (χ3n) is 5.58. The molecule has 31 heavy (non-hydrogen) atoms. The maximum Gasteiger partial charge on any atom is 0.416 e. The molecule has 2 aromatic carbocycles. The van der Waals surface area contributed by atoms with Gasteiger partial charge < -0.3 is 9.42 Å². The number of amides is 1. The number of piperidine rings is 1. The van der Waals surface area contributed by atoms with Crippen molar-refractivity contribution in [3.05, 3.63) is 71.6 Å². The molecular formula is C23H22F3N3O2. The minimum Gasteiger partial charge on any atom is -0.343 e. The molecule has 1 amide bonds. The van der Waals surface area contributed by atoms with Gasteiger partial charge in [-0.2, -0.15) is 18.2 Å². The molecule has 0 spiro atoms. The lowest BCUT2D eigenvalue weighted by atomic mass is 9.96. The number of hydrogen-bond donors (Lipinski definition) is 0. The molecule has 4 rings (SSSR count). The first-order chi connectivity index (χ1) is 14.9. The number of carbonyl (C=O) groups is 1. The Balaban J connectivity index is 1.31. The fourth-order valence-electron chi connectivity index (χ4n) is 3.76. The zero-order chi connectivity index (χ0) is 21.8. The van der Waals surface area contributed by atoms with Crippen LogP contribution in [-0.2, 0) is 17.4 Å². The van der Waals surface area contributed by atoms with Crippen molar-refractivity contribution in [3.8, 4) is 11.4 Å². The van der Waals surface area contributed by atoms with Gasteiger partial charge in [0.2, 0.25) is 17.6 Å². The van der Waals surface area contributed by atoms with Gasteiger partial charge in [-0.15, -0.1) is 0 Å². The molecule has 0 bridgehead atoms. The van der Waals surface area contributed by atoms with E-state index in [1.807, 2.05) is 35.2 Å². The van der Waals surface area contributed by atoms with Gasteiger partial charge in [-0.05, 0) is 37.0 Å². The van der Waals surface area contributed by atoms with Crippen LogP contribution in [0.1, 0.15) is 42.2 Å². The van der Waals surface area contributed by atoms with Crippen molar-refractivity contribution in [2.24, 2.45) is 0 Å². The van der Waals surface area contributed by atoms with E-state index >= 15 is 0 Å². The third kappa shape index (κ3) is 5.13. The van der Waals surface area contributed by atoms with Crippen molar-refractivity contribution in [3.63, 3.8) is 0 Å². The van der Waals surface area contributed by atoms with Crippen LogP contribution in [0.15, 0.2) is 59.1 Å². The summed E-state index contributed by atoms with van der Waals surface area (Å²) in [5.74, 6) is 0.906. The highest BCUT2D eigenvalue weighted by Gasteiger charge is 2.31. The molecular weight excluding hydrogens is 407 g/mol. The summed E-state index contributed by atoms with van der Waals surface area (Å²) in [5, 5.41) is 3.92. The highest BCUT2D eigenvalue weighted by Crippen LogP contribution is 2.32. The van der Waals surface area contributed by atoms with E-state index in [2.05, 4.69) is 10.1 Å². The van der Waals surface area contributed by atoms with Gasteiger partial charge in [-0.25, -0.2) is 0 Å². The zero-order valence-corrected chi connectivity index (χ0v) is 16.8. The molecule has 0 aliphatic carbocycles. The van der Waals surface area contributed by atoms with Crippen molar-refractivity contribution in [1.82, 2.24) is 15.0 Å². The van der Waals surface area contributed by atoms with E-state index in [9.17, 15) is 18.0 Å². The second-order valence-corrected chi connectivity index (χ2v) is 7.67. The van der Waals surface area contributed by atoms with Crippen LogP contribution in [0.3, 0.4) is 0 Å². The minimum atomic E-state index is -4.38. The lowest BCUT2D eigenvalue weighted by molar-refractivity contribution is -0.137. The van der Waals surface area contributed by atoms with Crippen LogP contribution < -0.4 is 0 Å². The molecule has 5 nitrogen and oxygen atoms in total. The number of aromatic nitrogens is 2. The quantitative estimate of drug-likeness (QED) is 0.567. The summed E-state index contributed by atoms with van der Waals surface area (Å²) in [4.78, 5) is 18.7. The third-order valence-corrected chi connectivity index (χ3v) is 5.58. The van der Waals surface area contributed by atoms with E-state index in [0.717, 1.165) is 24.1 Å². The topological polar surface area (TPSA) is 59.2 Å². The summed E-state index contributed by atoms with van der Waals surface area (Å²) in [6, 6.07) is 14.6. The van der Waals surface area contributed by atoms with Crippen LogP contribution in [0, 0.1) is 0 Å². The number of likely N-dealkylation sites (tertiary alicyclic amines) is 1. The summed E-state index contributed by atoms with van der Waals surface area (Å²) in [6.07, 6.45) is -1.75. The number of alkyl halides is 3. The van der Waals surface area contributed by atoms with Gasteiger partial charge in [0, 0.05) is 31.0 Å². The Kier molecular flexibility index (Phi) is 6.06. The molecule has 0 saturated carbocycles. The molecule has 1 fully saturated rings. The average molecular weight is 429 g/mol. The summed E-state index contributed by atoms with van der Waals surface area (Å²) >= 11 is 0. The number of benzene rings is 2. The molecule has 0 N–H and O–H groups in total. The first-order valence-electron chi connectivity index (χ1n) is 10.2. The molecule has 1 aromatic heterocycles. The van der Waals surface area contributed by atoms with Crippen LogP contribution in [0.5, 0.6) is 0 Å². The predicted molar refractivity (Wildman–Crippen MR) is 108 cm³/mol. The van der Waals surface area contributed by atoms with Gasteiger partial charge in [0.25, 0.3) is 0 Å². The standard InChI is InChI=1S/C23H22F3N3O2/c24-23(25,26)19-9-7-17(8-10-19)21-27-22(31-28-21)18-12-14-29(15-13-18)20(30)11-6-16-4-2-1-3-5-16/h1-5,7-10,18H,6,11-15H2. The van der Waals surface area contributed by atoms with Crippen molar-refractivity contribution >= 4 is 5.91 Å². The molecule has 0 radical (unpaired) electrons. The number of halogens is 3. The Hall–Kier alpha value is -3.16. The smallest absolute Gasteiger partial charge is 0.343 e. The van der Waals surface area contributed by atoms with Crippen molar-refractivity contribution in [2.75, 3.05) is 13.1 Å². The van der Waals surface area contributed by atoms with Gasteiger partial charge in [0.05, 0.1) is 5.56 Å². The van der Waals surface area contributed by atoms with Crippen LogP contribution >= 0.6 is 0 Å². The number of aryl methyl sites for hydroxylation is 1. The largest absolute Gasteiger partial charge is 0.416 e. The second kappa shape index (κ2) is 8.91. The summed E-state index contributed by atoms with van der Waals surface area (Å²) in [5.41, 5.74) is 0.896. The van der Waals surface area contributed by atoms with E-state index in [1.54, 1.807) is 0 Å². The lowest BCUT2D eigenvalue weighted by Crippen LogP contribution is -2.38. The Morgan fingerprint density at radius 3 is 2.35 bits per heavy atom. The SMILES string of the molecule is O=C(CCc1ccccc1)N1CCC(c2nc(-c3ccc(C(F)(F)F)cc3)no2)CC1. The highest BCUT2D eigenvalue weighted by molar-refractivity contribution is 5.76. The second-order valence-electron chi connectivity index (χ2n) is 7.67. The average Bonchev–Trinajstić information content (AvgIpc) is 3.28. The molecule has 162 valence electrons. The molecule has 8 heteroatoms. The molecule has 1 aliphatic rings. The van der Waals surface area contributed by atoms with Gasteiger partial charge in [-0.1, -0.05) is 47.6 Å². The van der Waals surface area contributed by atoms with E-state index in [1.165, 1.54) is 12.1 Å². The fourth-order valence-corrected chi connectivity index (χ4v) is 3.76. The minimum absolute atomic E-state index is 0.0360. The van der Waals surface area contributed by atoms with E-state index in [-0.39, 0.29) is 17.6 Å². The number of nitrogens with zero attached hydrogens (tertiary/aromatic N) is 3. The molecule has 0 atom stereocenters. The number of carbonyl (C=O) groups excluding carboxylic acids is 1. The van der Waals surface area contributed by atoms with Gasteiger partial charge in [-0.3, -0.25) is 4.79 Å². The maximum atomic E-state index is 12.7. The molecule has 3 aromatic rings.